The highest BCUT2D eigenvalue weighted by molar-refractivity contribution is 5.79. The van der Waals surface area contributed by atoms with Crippen molar-refractivity contribution in [2.24, 2.45) is 11.8 Å². The van der Waals surface area contributed by atoms with Crippen LogP contribution in [-0.4, -0.2) is 36.6 Å². The molecular formula is C12H22N2O3. The van der Waals surface area contributed by atoms with Crippen molar-refractivity contribution in [2.45, 2.75) is 38.6 Å². The van der Waals surface area contributed by atoms with Crippen molar-refractivity contribution in [1.29, 1.82) is 0 Å². The Kier molecular flexibility index (Phi) is 5.41. The van der Waals surface area contributed by atoms with Gasteiger partial charge in [-0.15, -0.1) is 0 Å². The van der Waals surface area contributed by atoms with Gasteiger partial charge in [0.05, 0.1) is 5.92 Å². The Morgan fingerprint density at radius 2 is 2.12 bits per heavy atom. The number of hydrogen-bond acceptors (Lipinski definition) is 3. The topological polar surface area (TPSA) is 78.4 Å². The number of carbonyl (C=O) groups is 2. The number of aliphatic carboxylic acids is 1. The molecule has 0 bridgehead atoms. The van der Waals surface area contributed by atoms with Crippen LogP contribution in [0.2, 0.25) is 0 Å². The monoisotopic (exact) mass is 242 g/mol. The number of nitrogens with one attached hydrogen (secondary N) is 2. The van der Waals surface area contributed by atoms with Crippen LogP contribution in [0, 0.1) is 11.8 Å². The molecule has 1 saturated carbocycles. The van der Waals surface area contributed by atoms with E-state index in [1.807, 2.05) is 14.0 Å². The lowest BCUT2D eigenvalue weighted by atomic mass is 9.85. The maximum atomic E-state index is 11.8. The highest BCUT2D eigenvalue weighted by Crippen LogP contribution is 2.24. The van der Waals surface area contributed by atoms with Gasteiger partial charge in [0.2, 0.25) is 5.91 Å². The zero-order valence-electron chi connectivity index (χ0n) is 10.5. The second-order valence-electron chi connectivity index (χ2n) is 4.87. The summed E-state index contributed by atoms with van der Waals surface area (Å²) >= 11 is 0. The van der Waals surface area contributed by atoms with Crippen LogP contribution < -0.4 is 10.6 Å². The van der Waals surface area contributed by atoms with Crippen LogP contribution in [0.5, 0.6) is 0 Å². The second kappa shape index (κ2) is 6.59. The van der Waals surface area contributed by atoms with Gasteiger partial charge < -0.3 is 15.7 Å². The molecule has 0 spiro atoms. The average Bonchev–Trinajstić information content (AvgIpc) is 2.29. The lowest BCUT2D eigenvalue weighted by Gasteiger charge is -2.28. The summed E-state index contributed by atoms with van der Waals surface area (Å²) in [6, 6.07) is 0.0247. The van der Waals surface area contributed by atoms with E-state index >= 15 is 0 Å². The summed E-state index contributed by atoms with van der Waals surface area (Å²) < 4.78 is 0. The molecule has 1 rings (SSSR count). The molecule has 17 heavy (non-hydrogen) atoms. The van der Waals surface area contributed by atoms with E-state index < -0.39 is 5.97 Å². The van der Waals surface area contributed by atoms with Gasteiger partial charge in [-0.25, -0.2) is 0 Å². The van der Waals surface area contributed by atoms with Gasteiger partial charge in [-0.3, -0.25) is 9.59 Å². The quantitative estimate of drug-likeness (QED) is 0.659. The molecule has 5 nitrogen and oxygen atoms in total. The van der Waals surface area contributed by atoms with Crippen molar-refractivity contribution in [2.75, 3.05) is 13.6 Å². The molecule has 0 aromatic heterocycles. The van der Waals surface area contributed by atoms with Gasteiger partial charge in [0.15, 0.2) is 0 Å². The molecule has 0 radical (unpaired) electrons. The Balaban J connectivity index is 2.40. The molecule has 1 amide bonds. The molecule has 3 unspecified atom stereocenters. The van der Waals surface area contributed by atoms with E-state index in [0.717, 1.165) is 19.3 Å². The lowest BCUT2D eigenvalue weighted by Crippen LogP contribution is -2.43. The van der Waals surface area contributed by atoms with Crippen LogP contribution in [0.15, 0.2) is 0 Å². The molecule has 0 aliphatic heterocycles. The van der Waals surface area contributed by atoms with Gasteiger partial charge >= 0.3 is 5.97 Å². The van der Waals surface area contributed by atoms with Gasteiger partial charge in [-0.05, 0) is 26.3 Å². The van der Waals surface area contributed by atoms with Gasteiger partial charge in [-0.2, -0.15) is 0 Å². The Morgan fingerprint density at radius 1 is 1.41 bits per heavy atom. The smallest absolute Gasteiger partial charge is 0.306 e. The molecule has 1 aliphatic rings. The Morgan fingerprint density at radius 3 is 2.71 bits per heavy atom. The molecule has 5 heteroatoms. The molecule has 1 fully saturated rings. The molecule has 0 aromatic carbocycles. The first-order valence-corrected chi connectivity index (χ1v) is 6.22. The summed E-state index contributed by atoms with van der Waals surface area (Å²) in [5.41, 5.74) is 0. The maximum Gasteiger partial charge on any atom is 0.306 e. The highest BCUT2D eigenvalue weighted by atomic mass is 16.4. The van der Waals surface area contributed by atoms with Crippen molar-refractivity contribution in [1.82, 2.24) is 10.6 Å². The fraction of sp³-hybridized carbons (Fsp3) is 0.833. The maximum absolute atomic E-state index is 11.8. The number of carbonyl (C=O) groups excluding carboxylic acids is 1. The zero-order chi connectivity index (χ0) is 12.8. The minimum absolute atomic E-state index is 0.00962. The third-order valence-electron chi connectivity index (χ3n) is 3.33. The predicted molar refractivity (Wildman–Crippen MR) is 64.6 cm³/mol. The largest absolute Gasteiger partial charge is 0.481 e. The van der Waals surface area contributed by atoms with Gasteiger partial charge in [0.1, 0.15) is 0 Å². The van der Waals surface area contributed by atoms with Crippen molar-refractivity contribution in [3.63, 3.8) is 0 Å². The predicted octanol–water partition coefficient (Wildman–Crippen LogP) is 0.601. The molecule has 98 valence electrons. The Labute approximate surface area is 102 Å². The first-order valence-electron chi connectivity index (χ1n) is 6.22. The molecule has 3 atom stereocenters. The Bertz CT molecular complexity index is 281. The highest BCUT2D eigenvalue weighted by Gasteiger charge is 2.28. The second-order valence-corrected chi connectivity index (χ2v) is 4.87. The molecular weight excluding hydrogens is 220 g/mol. The van der Waals surface area contributed by atoms with Crippen molar-refractivity contribution < 1.29 is 14.7 Å². The Hall–Kier alpha value is -1.10. The molecule has 0 aromatic rings. The van der Waals surface area contributed by atoms with Crippen molar-refractivity contribution >= 4 is 11.9 Å². The van der Waals surface area contributed by atoms with E-state index in [1.165, 1.54) is 0 Å². The summed E-state index contributed by atoms with van der Waals surface area (Å²) in [7, 11) is 1.81. The fourth-order valence-corrected chi connectivity index (χ4v) is 2.29. The van der Waals surface area contributed by atoms with Gasteiger partial charge in [0, 0.05) is 18.5 Å². The number of carboxylic acids is 1. The van der Waals surface area contributed by atoms with Gasteiger partial charge in [0.25, 0.3) is 0 Å². The van der Waals surface area contributed by atoms with E-state index in [1.54, 1.807) is 0 Å². The van der Waals surface area contributed by atoms with E-state index in [-0.39, 0.29) is 23.8 Å². The third kappa shape index (κ3) is 4.34. The minimum atomic E-state index is -0.743. The van der Waals surface area contributed by atoms with Crippen LogP contribution in [0.3, 0.4) is 0 Å². The summed E-state index contributed by atoms with van der Waals surface area (Å²) in [5, 5.41) is 14.9. The van der Waals surface area contributed by atoms with E-state index in [2.05, 4.69) is 10.6 Å². The third-order valence-corrected chi connectivity index (χ3v) is 3.33. The number of rotatable bonds is 5. The van der Waals surface area contributed by atoms with Crippen molar-refractivity contribution in [3.05, 3.63) is 0 Å². The van der Waals surface area contributed by atoms with E-state index in [9.17, 15) is 9.59 Å². The van der Waals surface area contributed by atoms with Crippen LogP contribution in [0.4, 0.5) is 0 Å². The molecule has 1 aliphatic carbocycles. The van der Waals surface area contributed by atoms with Crippen LogP contribution in [-0.2, 0) is 9.59 Å². The first kappa shape index (κ1) is 14.0. The zero-order valence-corrected chi connectivity index (χ0v) is 10.5. The van der Waals surface area contributed by atoms with Crippen LogP contribution in [0.1, 0.15) is 32.6 Å². The summed E-state index contributed by atoms with van der Waals surface area (Å²) in [6.07, 6.45) is 3.06. The molecule has 0 heterocycles. The standard InChI is InChI=1S/C12H22N2O3/c1-8(7-13-2)11(15)14-10-5-3-4-9(6-10)12(16)17/h8-10,13H,3-7H2,1-2H3,(H,14,15)(H,16,17). The number of carboxylic acid groups (broad SMARTS) is 1. The first-order chi connectivity index (χ1) is 8.04. The lowest BCUT2D eigenvalue weighted by molar-refractivity contribution is -0.143. The normalized spacial score (nSPS) is 26.2. The average molecular weight is 242 g/mol. The van der Waals surface area contributed by atoms with E-state index in [4.69, 9.17) is 5.11 Å². The SMILES string of the molecule is CNCC(C)C(=O)NC1CCCC(C(=O)O)C1. The van der Waals surface area contributed by atoms with E-state index in [0.29, 0.717) is 13.0 Å². The van der Waals surface area contributed by atoms with Crippen LogP contribution in [0.25, 0.3) is 0 Å². The molecule has 3 N–H and O–H groups in total. The summed E-state index contributed by atoms with van der Waals surface area (Å²) in [6.45, 7) is 2.50. The van der Waals surface area contributed by atoms with Gasteiger partial charge in [-0.1, -0.05) is 13.3 Å². The van der Waals surface area contributed by atoms with Crippen molar-refractivity contribution in [3.8, 4) is 0 Å². The summed E-state index contributed by atoms with van der Waals surface area (Å²) in [4.78, 5) is 22.7. The molecule has 0 saturated heterocycles. The fourth-order valence-electron chi connectivity index (χ4n) is 2.29. The summed E-state index contributed by atoms with van der Waals surface area (Å²) in [5.74, 6) is -1.11. The minimum Gasteiger partial charge on any atom is -0.481 e. The van der Waals surface area contributed by atoms with Crippen LogP contribution >= 0.6 is 0 Å². The number of amides is 1. The number of hydrogen-bond donors (Lipinski definition) is 3.